The molecule has 0 aromatic carbocycles. The Kier molecular flexibility index (Phi) is 0. The van der Waals surface area contributed by atoms with E-state index in [1.807, 2.05) is 0 Å². The van der Waals surface area contributed by atoms with Gasteiger partial charge >= 0.3 is 0 Å². The molecule has 0 aliphatic rings. The van der Waals surface area contributed by atoms with Crippen LogP contribution in [-0.2, 0) is 0 Å². The molecule has 32 valence electrons. The third-order valence-electron chi connectivity index (χ3n) is 0. The van der Waals surface area contributed by atoms with Crippen molar-refractivity contribution >= 4 is 0 Å². The maximum atomic E-state index is 5.75. The zero-order valence-corrected chi connectivity index (χ0v) is 3.00. The van der Waals surface area contributed by atoms with E-state index in [1.54, 1.807) is 0 Å². The van der Waals surface area contributed by atoms with Crippen molar-refractivity contribution in [1.29, 1.82) is 0 Å². The topological polar surface area (TPSA) is 0 Å². The molecule has 4 heavy (non-hydrogen) atoms. The highest BCUT2D eigenvalue weighted by molar-refractivity contribution is 2.51. The zero-order valence-electron chi connectivity index (χ0n) is 6.00. The van der Waals surface area contributed by atoms with Gasteiger partial charge in [0.2, 0.25) is 0 Å². The van der Waals surface area contributed by atoms with Crippen LogP contribution in [0.2, 0.25) is 0 Å². The molecule has 0 atom stereocenters. The third-order valence-corrected chi connectivity index (χ3v) is 0. The molecule has 0 fully saturated rings. The van der Waals surface area contributed by atoms with Gasteiger partial charge in [-0.15, -0.1) is 0 Å². The molecule has 0 N–H and O–H groups in total. The molecule has 0 rings (SSSR count). The maximum absolute atomic E-state index is 5.75. The Hall–Kier alpha value is 0. The van der Waals surface area contributed by atoms with Gasteiger partial charge in [-0.3, -0.25) is 0 Å². The van der Waals surface area contributed by atoms with Gasteiger partial charge in [-0.25, -0.2) is 0 Å². The summed E-state index contributed by atoms with van der Waals surface area (Å²) < 4.78 is 17.2. The lowest BCUT2D eigenvalue weighted by Gasteiger charge is -0.0786. The Morgan fingerprint density at radius 3 is 0.750 bits per heavy atom. The van der Waals surface area contributed by atoms with Crippen LogP contribution >= 0.6 is 0 Å². The van der Waals surface area contributed by atoms with E-state index in [-0.39, 0.29) is 7.43 Å². The summed E-state index contributed by atoms with van der Waals surface area (Å²) in [7, 11) is 3.75. The average molecular weight is 70.2 g/mol. The van der Waals surface area contributed by atoms with Gasteiger partial charge in [0.15, 0.2) is 0 Å². The van der Waals surface area contributed by atoms with E-state index in [4.69, 9.17) is 4.11 Å². The second kappa shape index (κ2) is 0. The van der Waals surface area contributed by atoms with Crippen LogP contribution in [0.5, 0.6) is 0 Å². The minimum atomic E-state index is 0. The monoisotopic (exact) mass is 70.1 g/mol. The van der Waals surface area contributed by atoms with Crippen LogP contribution in [0.15, 0.2) is 0 Å². The van der Waals surface area contributed by atoms with Crippen molar-refractivity contribution in [3.8, 4) is 0 Å². The van der Waals surface area contributed by atoms with Gasteiger partial charge in [0.1, 0.15) is 0 Å². The second-order valence-electron chi connectivity index (χ2n) is 0. The quantitative estimate of drug-likeness (QED) is 0.411. The smallest absolute Gasteiger partial charge is 0.0194 e. The Morgan fingerprint density at radius 1 is 0.750 bits per heavy atom. The minimum absolute atomic E-state index is 0. The lowest BCUT2D eigenvalue weighted by molar-refractivity contribution is 2.50. The molecule has 0 heteroatoms. The summed E-state index contributed by atoms with van der Waals surface area (Å²) in [5, 5.41) is 0. The minimum Gasteiger partial charge on any atom is -0.0776 e. The third kappa shape index (κ3) is 0. The second-order valence-corrected chi connectivity index (χ2v) is 0. The van der Waals surface area contributed by atoms with Crippen LogP contribution in [0.25, 0.3) is 0 Å². The highest BCUT2D eigenvalue weighted by atomic mass is 12.0. The highest BCUT2D eigenvalue weighted by Gasteiger charge is -0.0746. The lowest BCUT2D eigenvalue weighted by Crippen LogP contribution is 0.143. The fraction of sp³-hybridized carbons (Fsp3) is 1.00. The Labute approximate surface area is 35.1 Å². The van der Waals surface area contributed by atoms with Crippen LogP contribution < -0.4 is 0 Å². The van der Waals surface area contributed by atoms with Crippen molar-refractivity contribution in [3.05, 3.63) is 0 Å². The molecule has 0 heterocycles. The number of rotatable bonds is 0. The molecular weight excluding hydrogens is 48.0 g/mol. The predicted octanol–water partition coefficient (Wildman–Crippen LogP) is 2.54. The van der Waals surface area contributed by atoms with Crippen LogP contribution in [0.4, 0.5) is 0 Å². The SMILES string of the molecule is C.[3H]C.[3H]C.[3H]C. The van der Waals surface area contributed by atoms with Gasteiger partial charge in [0.25, 0.3) is 0 Å². The van der Waals surface area contributed by atoms with E-state index >= 15 is 0 Å². The molecule has 0 saturated carbocycles. The largest absolute Gasteiger partial charge is 0.0776 e. The van der Waals surface area contributed by atoms with E-state index in [1.165, 1.54) is 22.2 Å². The van der Waals surface area contributed by atoms with Gasteiger partial charge in [0, 0.05) is 4.11 Å². The fourth-order valence-electron chi connectivity index (χ4n) is 0. The van der Waals surface area contributed by atoms with Crippen LogP contribution in [0.1, 0.15) is 33.7 Å². The van der Waals surface area contributed by atoms with Crippen LogP contribution in [0.3, 0.4) is 0 Å². The van der Waals surface area contributed by atoms with Gasteiger partial charge < -0.3 is 0 Å². The summed E-state index contributed by atoms with van der Waals surface area (Å²) in [5.74, 6) is 0. The molecule has 0 bridgehead atoms. The molecule has 0 nitrogen and oxygen atoms in total. The zero-order chi connectivity index (χ0) is 6.00. The molecule has 0 spiro atoms. The standard InChI is InChI=1S/4CH4/h4*1H4/i3*1T;. The molecule has 0 aromatic rings. The molecule has 0 aliphatic heterocycles. The first-order valence-electron chi connectivity index (χ1n) is 3.00. The van der Waals surface area contributed by atoms with Gasteiger partial charge in [0.05, 0.1) is 0 Å². The molecule has 0 saturated heterocycles. The molecule has 0 amide bonds. The Bertz CT molecular complexity index is 6.90. The number of hydrogen-bond donors (Lipinski definition) is 0. The summed E-state index contributed by atoms with van der Waals surface area (Å²) in [4.78, 5) is 0. The van der Waals surface area contributed by atoms with Crippen molar-refractivity contribution in [2.75, 3.05) is 0 Å². The normalized spacial score (nSPS) is 5.25. The van der Waals surface area contributed by atoms with Crippen molar-refractivity contribution in [2.45, 2.75) is 29.6 Å². The highest BCUT2D eigenvalue weighted by Crippen LogP contribution is 0.147. The molecule has 0 unspecified atom stereocenters. The van der Waals surface area contributed by atoms with Crippen molar-refractivity contribution in [1.82, 2.24) is 0 Å². The van der Waals surface area contributed by atoms with E-state index in [9.17, 15) is 0 Å². The first kappa shape index (κ1) is 4.00. The summed E-state index contributed by atoms with van der Waals surface area (Å²) in [6.07, 6.45) is 0. The van der Waals surface area contributed by atoms with E-state index in [0.29, 0.717) is 0 Å². The Morgan fingerprint density at radius 2 is 0.750 bits per heavy atom. The summed E-state index contributed by atoms with van der Waals surface area (Å²) in [6.45, 7) is 0. The van der Waals surface area contributed by atoms with Crippen LogP contribution in [-0.4, -0.2) is 0 Å². The summed E-state index contributed by atoms with van der Waals surface area (Å²) >= 11 is 0. The molecule has 0 aliphatic carbocycles. The Balaban J connectivity index is -0.00000000900. The van der Waals surface area contributed by atoms with Crippen molar-refractivity contribution in [2.24, 2.45) is 0 Å². The predicted molar refractivity (Wildman–Crippen MR) is 26.9 cm³/mol. The molecule has 0 aromatic heterocycles. The average Bonchev–Trinajstić information content (AvgIpc) is 1.81. The maximum Gasteiger partial charge on any atom is 0.0194 e. The van der Waals surface area contributed by atoms with Gasteiger partial charge in [-0.2, -0.15) is 0 Å². The van der Waals surface area contributed by atoms with E-state index in [2.05, 4.69) is 0 Å². The van der Waals surface area contributed by atoms with E-state index < -0.39 is 0 Å². The van der Waals surface area contributed by atoms with Crippen molar-refractivity contribution < 1.29 is 4.11 Å². The lowest BCUT2D eigenvalue weighted by atomic mass is 12.0. The first-order valence-corrected chi connectivity index (χ1v) is 0. The summed E-state index contributed by atoms with van der Waals surface area (Å²) in [5.41, 5.74) is 0. The summed E-state index contributed by atoms with van der Waals surface area (Å²) in [6, 6.07) is 0. The molecular formula is C4H16. The van der Waals surface area contributed by atoms with Gasteiger partial charge in [-0.1, -0.05) is 29.6 Å². The van der Waals surface area contributed by atoms with Gasteiger partial charge in [-0.05, 0) is 0 Å². The fourth-order valence-corrected chi connectivity index (χ4v) is 0. The first-order chi connectivity index (χ1) is 3.00. The van der Waals surface area contributed by atoms with E-state index in [0.717, 1.165) is 0 Å². The molecule has 0 radical (unpaired) electrons. The number of hydrogen-bond acceptors (Lipinski definition) is 0. The van der Waals surface area contributed by atoms with Crippen molar-refractivity contribution in [3.63, 3.8) is 0 Å². The van der Waals surface area contributed by atoms with Crippen LogP contribution in [0, 0.1) is 0 Å².